The fraction of sp³-hybridized carbons (Fsp3) is 0.0392. The van der Waals surface area contributed by atoms with E-state index in [9.17, 15) is 0 Å². The monoisotopic (exact) mass is 748 g/mol. The van der Waals surface area contributed by atoms with Crippen LogP contribution in [0.25, 0.3) is 87.4 Å². The highest BCUT2D eigenvalue weighted by Gasteiger charge is 2.37. The second-order valence-electron chi connectivity index (χ2n) is 14.7. The predicted octanol–water partition coefficient (Wildman–Crippen LogP) is 13.5. The first-order valence-corrected chi connectivity index (χ1v) is 20.1. The van der Waals surface area contributed by atoms with E-state index in [0.29, 0.717) is 23.4 Å². The molecule has 2 unspecified atom stereocenters. The van der Waals surface area contributed by atoms with Crippen LogP contribution >= 0.6 is 11.3 Å². The standard InChI is InChI=1S/C51H32N4OS/c1-3-12-31(13-4-1)49-52-50(32-14-5-2-6-15-32)54-51(53-49)39-18-11-21-44-48(39)38-25-22-34(29-45(38)56-44)33-23-26-46-40(28-33)41-30-35(24-27-47(41)57-46)55-42-19-9-7-16-36(42)37-17-8-10-20-43(37)55/h1-30,36,42H. The van der Waals surface area contributed by atoms with Gasteiger partial charge in [-0.2, -0.15) is 0 Å². The normalized spacial score (nSPS) is 15.9. The molecule has 5 nitrogen and oxygen atoms in total. The lowest BCUT2D eigenvalue weighted by Gasteiger charge is -2.28. The Morgan fingerprint density at radius 3 is 1.96 bits per heavy atom. The molecule has 0 spiro atoms. The third-order valence-electron chi connectivity index (χ3n) is 11.5. The van der Waals surface area contributed by atoms with Crippen molar-refractivity contribution >= 4 is 64.8 Å². The zero-order valence-corrected chi connectivity index (χ0v) is 31.4. The molecule has 0 saturated carbocycles. The fourth-order valence-electron chi connectivity index (χ4n) is 8.81. The summed E-state index contributed by atoms with van der Waals surface area (Å²) in [6.45, 7) is 0. The van der Waals surface area contributed by atoms with Crippen molar-refractivity contribution in [2.24, 2.45) is 0 Å². The van der Waals surface area contributed by atoms with Gasteiger partial charge >= 0.3 is 0 Å². The van der Waals surface area contributed by atoms with Crippen molar-refractivity contribution in [2.75, 3.05) is 4.90 Å². The average molecular weight is 749 g/mol. The Morgan fingerprint density at radius 1 is 0.491 bits per heavy atom. The van der Waals surface area contributed by atoms with Crippen LogP contribution in [0.4, 0.5) is 11.4 Å². The smallest absolute Gasteiger partial charge is 0.164 e. The number of rotatable bonds is 5. The molecule has 0 fully saturated rings. The van der Waals surface area contributed by atoms with Crippen LogP contribution in [0.1, 0.15) is 11.5 Å². The van der Waals surface area contributed by atoms with Gasteiger partial charge in [-0.3, -0.25) is 0 Å². The quantitative estimate of drug-likeness (QED) is 0.175. The van der Waals surface area contributed by atoms with Crippen molar-refractivity contribution < 1.29 is 4.42 Å². The number of anilines is 2. The fourth-order valence-corrected chi connectivity index (χ4v) is 9.87. The summed E-state index contributed by atoms with van der Waals surface area (Å²) in [5.74, 6) is 2.23. The lowest BCUT2D eigenvalue weighted by Crippen LogP contribution is -2.28. The summed E-state index contributed by atoms with van der Waals surface area (Å²) >= 11 is 1.85. The lowest BCUT2D eigenvalue weighted by atomic mass is 9.91. The number of thiophene rings is 1. The molecule has 2 aliphatic rings. The van der Waals surface area contributed by atoms with E-state index in [1.807, 2.05) is 84.1 Å². The molecule has 1 aliphatic heterocycles. The van der Waals surface area contributed by atoms with Gasteiger partial charge in [0.25, 0.3) is 0 Å². The van der Waals surface area contributed by atoms with Crippen molar-refractivity contribution in [3.05, 3.63) is 188 Å². The van der Waals surface area contributed by atoms with Crippen LogP contribution in [0.15, 0.2) is 186 Å². The number of allylic oxidation sites excluding steroid dienone is 2. The summed E-state index contributed by atoms with van der Waals surface area (Å²) < 4.78 is 9.18. The molecule has 3 aromatic heterocycles. The van der Waals surface area contributed by atoms with Crippen molar-refractivity contribution in [2.45, 2.75) is 12.0 Å². The largest absolute Gasteiger partial charge is 0.456 e. The van der Waals surface area contributed by atoms with Gasteiger partial charge in [-0.15, -0.1) is 11.3 Å². The van der Waals surface area contributed by atoms with Crippen LogP contribution in [0, 0.1) is 0 Å². The Bertz CT molecular complexity index is 3210. The average Bonchev–Trinajstić information content (AvgIpc) is 3.95. The maximum atomic E-state index is 6.61. The number of para-hydroxylation sites is 1. The Hall–Kier alpha value is -7.15. The van der Waals surface area contributed by atoms with Crippen molar-refractivity contribution in [3.63, 3.8) is 0 Å². The summed E-state index contributed by atoms with van der Waals surface area (Å²) in [5, 5.41) is 4.56. The molecule has 1 aliphatic carbocycles. The molecule has 10 aromatic rings. The van der Waals surface area contributed by atoms with Crippen LogP contribution < -0.4 is 4.90 Å². The number of aromatic nitrogens is 3. The van der Waals surface area contributed by atoms with E-state index in [-0.39, 0.29) is 6.04 Å². The summed E-state index contributed by atoms with van der Waals surface area (Å²) in [6.07, 6.45) is 9.04. The molecule has 0 bridgehead atoms. The van der Waals surface area contributed by atoms with Gasteiger partial charge in [0.1, 0.15) is 11.2 Å². The van der Waals surface area contributed by atoms with Crippen LogP contribution in [-0.4, -0.2) is 21.0 Å². The van der Waals surface area contributed by atoms with E-state index in [1.54, 1.807) is 0 Å². The minimum absolute atomic E-state index is 0.267. The van der Waals surface area contributed by atoms with E-state index in [1.165, 1.54) is 37.1 Å². The minimum Gasteiger partial charge on any atom is -0.456 e. The van der Waals surface area contributed by atoms with Crippen molar-refractivity contribution in [1.82, 2.24) is 15.0 Å². The van der Waals surface area contributed by atoms with Gasteiger partial charge in [0.15, 0.2) is 17.5 Å². The number of fused-ring (bicyclic) bond motifs is 9. The van der Waals surface area contributed by atoms with Crippen molar-refractivity contribution in [1.29, 1.82) is 0 Å². The molecular formula is C51H32N4OS. The molecule has 0 radical (unpaired) electrons. The molecule has 268 valence electrons. The maximum Gasteiger partial charge on any atom is 0.164 e. The summed E-state index contributed by atoms with van der Waals surface area (Å²) in [7, 11) is 0. The number of nitrogens with zero attached hydrogens (tertiary/aromatic N) is 4. The van der Waals surface area contributed by atoms with Crippen LogP contribution in [0.2, 0.25) is 0 Å². The molecule has 6 heteroatoms. The summed E-state index contributed by atoms with van der Waals surface area (Å²) in [6, 6.07) is 55.8. The lowest BCUT2D eigenvalue weighted by molar-refractivity contribution is 0.669. The van der Waals surface area contributed by atoms with Crippen LogP contribution in [0.3, 0.4) is 0 Å². The Balaban J connectivity index is 0.958. The topological polar surface area (TPSA) is 55.1 Å². The van der Waals surface area contributed by atoms with E-state index in [2.05, 4.69) is 114 Å². The van der Waals surface area contributed by atoms with Gasteiger partial charge in [-0.1, -0.05) is 127 Å². The number of furan rings is 1. The van der Waals surface area contributed by atoms with E-state index in [4.69, 9.17) is 19.4 Å². The Kier molecular flexibility index (Phi) is 7.16. The maximum absolute atomic E-state index is 6.61. The van der Waals surface area contributed by atoms with Crippen LogP contribution in [-0.2, 0) is 0 Å². The highest BCUT2D eigenvalue weighted by atomic mass is 32.1. The third kappa shape index (κ3) is 5.18. The first kappa shape index (κ1) is 32.1. The van der Waals surface area contributed by atoms with Gasteiger partial charge in [-0.25, -0.2) is 15.0 Å². The molecule has 0 amide bonds. The second kappa shape index (κ2) is 12.7. The Morgan fingerprint density at radius 2 is 1.16 bits per heavy atom. The highest BCUT2D eigenvalue weighted by Crippen LogP contribution is 2.49. The summed E-state index contributed by atoms with van der Waals surface area (Å²) in [4.78, 5) is 17.5. The Labute approximate surface area is 332 Å². The molecular weight excluding hydrogens is 717 g/mol. The van der Waals surface area contributed by atoms with Gasteiger partial charge in [0, 0.05) is 64.9 Å². The van der Waals surface area contributed by atoms with Gasteiger partial charge in [-0.05, 0) is 71.3 Å². The molecule has 12 rings (SSSR count). The van der Waals surface area contributed by atoms with Gasteiger partial charge < -0.3 is 9.32 Å². The molecule has 7 aromatic carbocycles. The van der Waals surface area contributed by atoms with E-state index < -0.39 is 0 Å². The number of hydrogen-bond acceptors (Lipinski definition) is 6. The molecule has 2 atom stereocenters. The van der Waals surface area contributed by atoms with Crippen LogP contribution in [0.5, 0.6) is 0 Å². The number of benzene rings is 7. The second-order valence-corrected chi connectivity index (χ2v) is 15.8. The van der Waals surface area contributed by atoms with Gasteiger partial charge in [0.05, 0.1) is 6.04 Å². The number of hydrogen-bond donors (Lipinski definition) is 0. The third-order valence-corrected chi connectivity index (χ3v) is 12.6. The van der Waals surface area contributed by atoms with Crippen molar-refractivity contribution in [3.8, 4) is 45.3 Å². The predicted molar refractivity (Wildman–Crippen MR) is 235 cm³/mol. The highest BCUT2D eigenvalue weighted by molar-refractivity contribution is 7.25. The first-order valence-electron chi connectivity index (χ1n) is 19.3. The zero-order chi connectivity index (χ0) is 37.5. The van der Waals surface area contributed by atoms with Gasteiger partial charge in [0.2, 0.25) is 0 Å². The summed E-state index contributed by atoms with van der Waals surface area (Å²) in [5.41, 5.74) is 10.5. The minimum atomic E-state index is 0.267. The SMILES string of the molecule is C1=CC2c3ccccc3N(c3ccc4sc5ccc(-c6ccc7c(c6)oc6cccc(-c8nc(-c9ccccc9)nc(-c9ccccc9)n8)c67)cc5c4c3)C2C=C1. The molecule has 0 saturated heterocycles. The van der Waals surface area contributed by atoms with E-state index in [0.717, 1.165) is 49.8 Å². The molecule has 57 heavy (non-hydrogen) atoms. The molecule has 4 heterocycles. The zero-order valence-electron chi connectivity index (χ0n) is 30.6. The van der Waals surface area contributed by atoms with E-state index >= 15 is 0 Å². The molecule has 0 N–H and O–H groups in total. The first-order chi connectivity index (χ1) is 28.2.